The van der Waals surface area contributed by atoms with Crippen molar-refractivity contribution < 1.29 is 9.84 Å². The Kier molecular flexibility index (Phi) is 9.54. The second kappa shape index (κ2) is 11.7. The van der Waals surface area contributed by atoms with Crippen LogP contribution in [0.3, 0.4) is 0 Å². The predicted molar refractivity (Wildman–Crippen MR) is 130 cm³/mol. The molecule has 0 saturated heterocycles. The summed E-state index contributed by atoms with van der Waals surface area (Å²) in [4.78, 5) is 2.36. The number of aliphatic hydroxyl groups is 1. The van der Waals surface area contributed by atoms with Crippen molar-refractivity contribution in [3.8, 4) is 0 Å². The fourth-order valence-corrected chi connectivity index (χ4v) is 3.67. The molecule has 1 N–H and O–H groups in total. The van der Waals surface area contributed by atoms with Crippen LogP contribution in [-0.2, 0) is 23.2 Å². The second-order valence-corrected chi connectivity index (χ2v) is 9.97. The summed E-state index contributed by atoms with van der Waals surface area (Å²) >= 11 is 0. The molecule has 2 rings (SSSR count). The highest BCUT2D eigenvalue weighted by Crippen LogP contribution is 2.23. The van der Waals surface area contributed by atoms with Crippen molar-refractivity contribution in [1.29, 1.82) is 0 Å². The maximum absolute atomic E-state index is 10.5. The van der Waals surface area contributed by atoms with Gasteiger partial charge in [0.1, 0.15) is 0 Å². The summed E-state index contributed by atoms with van der Waals surface area (Å²) in [6, 6.07) is 13.6. The predicted octanol–water partition coefficient (Wildman–Crippen LogP) is 5.24. The fourth-order valence-electron chi connectivity index (χ4n) is 3.67. The molecular weight excluding hydrogens is 384 g/mol. The molecule has 172 valence electrons. The number of benzene rings is 1. The minimum Gasteiger partial charge on any atom is -0.389 e. The molecule has 4 heteroatoms. The quantitative estimate of drug-likeness (QED) is 0.372. The van der Waals surface area contributed by atoms with Gasteiger partial charge in [-0.2, -0.15) is 0 Å². The van der Waals surface area contributed by atoms with Crippen molar-refractivity contribution in [3.63, 3.8) is 0 Å². The minimum atomic E-state index is -0.519. The summed E-state index contributed by atoms with van der Waals surface area (Å²) in [7, 11) is 0. The van der Waals surface area contributed by atoms with Crippen LogP contribution in [0.4, 0.5) is 0 Å². The molecule has 0 aliphatic heterocycles. The largest absolute Gasteiger partial charge is 0.389 e. The van der Waals surface area contributed by atoms with Gasteiger partial charge in [0.2, 0.25) is 0 Å². The first kappa shape index (κ1) is 25.4. The fraction of sp³-hybridized carbons (Fsp3) is 0.556. The number of rotatable bonds is 12. The minimum absolute atomic E-state index is 0.168. The molecule has 0 spiro atoms. The lowest BCUT2D eigenvalue weighted by Crippen LogP contribution is -2.42. The van der Waals surface area contributed by atoms with Gasteiger partial charge in [0, 0.05) is 37.6 Å². The van der Waals surface area contributed by atoms with Crippen LogP contribution in [0.5, 0.6) is 0 Å². The summed E-state index contributed by atoms with van der Waals surface area (Å²) in [5.74, 6) is 0.495. The van der Waals surface area contributed by atoms with Crippen LogP contribution in [-0.4, -0.2) is 46.5 Å². The topological polar surface area (TPSA) is 37.6 Å². The summed E-state index contributed by atoms with van der Waals surface area (Å²) in [5, 5.41) is 10.5. The third-order valence-corrected chi connectivity index (χ3v) is 5.99. The van der Waals surface area contributed by atoms with Crippen LogP contribution in [0.15, 0.2) is 55.3 Å². The SMILES string of the molecule is C=CCOC[C@@H](O)CN(Cc1cccn1Cc1ccc(C(C)(C)C)cc1)[C@@H](C)C(C)C. The number of aromatic nitrogens is 1. The smallest absolute Gasteiger partial charge is 0.0900 e. The van der Waals surface area contributed by atoms with Crippen molar-refractivity contribution >= 4 is 0 Å². The van der Waals surface area contributed by atoms with E-state index >= 15 is 0 Å². The van der Waals surface area contributed by atoms with E-state index in [-0.39, 0.29) is 5.41 Å². The number of hydrogen-bond donors (Lipinski definition) is 1. The monoisotopic (exact) mass is 426 g/mol. The van der Waals surface area contributed by atoms with E-state index in [1.807, 2.05) is 0 Å². The van der Waals surface area contributed by atoms with E-state index in [4.69, 9.17) is 4.74 Å². The molecule has 1 aromatic heterocycles. The highest BCUT2D eigenvalue weighted by Gasteiger charge is 2.22. The number of nitrogens with zero attached hydrogens (tertiary/aromatic N) is 2. The molecule has 0 aliphatic rings. The highest BCUT2D eigenvalue weighted by atomic mass is 16.5. The van der Waals surface area contributed by atoms with Gasteiger partial charge in [-0.05, 0) is 41.5 Å². The van der Waals surface area contributed by atoms with E-state index in [1.54, 1.807) is 6.08 Å². The van der Waals surface area contributed by atoms with Crippen LogP contribution in [0.2, 0.25) is 0 Å². The van der Waals surface area contributed by atoms with Crippen LogP contribution >= 0.6 is 0 Å². The Labute approximate surface area is 189 Å². The van der Waals surface area contributed by atoms with Gasteiger partial charge in [-0.1, -0.05) is 65.0 Å². The average Bonchev–Trinajstić information content (AvgIpc) is 3.13. The van der Waals surface area contributed by atoms with Crippen LogP contribution in [0.1, 0.15) is 58.4 Å². The Morgan fingerprint density at radius 2 is 1.81 bits per heavy atom. The van der Waals surface area contributed by atoms with Crippen molar-refractivity contribution in [3.05, 3.63) is 72.1 Å². The number of hydrogen-bond acceptors (Lipinski definition) is 3. The molecule has 1 heterocycles. The number of ether oxygens (including phenoxy) is 1. The molecule has 31 heavy (non-hydrogen) atoms. The van der Waals surface area contributed by atoms with Crippen LogP contribution < -0.4 is 0 Å². The van der Waals surface area contributed by atoms with E-state index in [0.717, 1.165) is 13.1 Å². The maximum Gasteiger partial charge on any atom is 0.0900 e. The summed E-state index contributed by atoms with van der Waals surface area (Å²) in [6.45, 7) is 20.1. The zero-order valence-electron chi connectivity index (χ0n) is 20.3. The van der Waals surface area contributed by atoms with E-state index in [2.05, 4.69) is 100 Å². The molecule has 0 aliphatic carbocycles. The standard InChI is InChI=1S/C27H42N2O2/c1-8-16-31-20-26(30)19-29(22(4)21(2)3)18-25-10-9-15-28(25)17-23-11-13-24(14-12-23)27(5,6)7/h8-15,21-22,26,30H,1,16-20H2,2-7H3/t22-,26-/m0/s1. The maximum atomic E-state index is 10.5. The van der Waals surface area contributed by atoms with E-state index < -0.39 is 6.10 Å². The average molecular weight is 427 g/mol. The van der Waals surface area contributed by atoms with Gasteiger partial charge in [0.05, 0.1) is 19.3 Å². The Bertz CT molecular complexity index is 786. The first-order chi connectivity index (χ1) is 14.6. The molecular formula is C27H42N2O2. The zero-order chi connectivity index (χ0) is 23.0. The van der Waals surface area contributed by atoms with Crippen molar-refractivity contribution in [2.24, 2.45) is 5.92 Å². The van der Waals surface area contributed by atoms with Gasteiger partial charge in [-0.15, -0.1) is 6.58 Å². The van der Waals surface area contributed by atoms with Gasteiger partial charge < -0.3 is 14.4 Å². The number of aliphatic hydroxyl groups excluding tert-OH is 1. The highest BCUT2D eigenvalue weighted by molar-refractivity contribution is 5.28. The van der Waals surface area contributed by atoms with Crippen molar-refractivity contribution in [2.75, 3.05) is 19.8 Å². The van der Waals surface area contributed by atoms with E-state index in [9.17, 15) is 5.11 Å². The molecule has 1 aromatic carbocycles. The van der Waals surface area contributed by atoms with Crippen molar-refractivity contribution in [2.45, 2.75) is 72.2 Å². The van der Waals surface area contributed by atoms with Crippen LogP contribution in [0, 0.1) is 5.92 Å². The molecule has 2 aromatic rings. The summed E-state index contributed by atoms with van der Waals surface area (Å²) < 4.78 is 7.77. The third-order valence-electron chi connectivity index (χ3n) is 5.99. The summed E-state index contributed by atoms with van der Waals surface area (Å²) in [6.07, 6.45) is 3.34. The van der Waals surface area contributed by atoms with Crippen LogP contribution in [0.25, 0.3) is 0 Å². The molecule has 0 amide bonds. The molecule has 2 atom stereocenters. The zero-order valence-corrected chi connectivity index (χ0v) is 20.3. The van der Waals surface area contributed by atoms with Gasteiger partial charge in [-0.25, -0.2) is 0 Å². The van der Waals surface area contributed by atoms with E-state index in [0.29, 0.717) is 31.7 Å². The second-order valence-electron chi connectivity index (χ2n) is 9.97. The van der Waals surface area contributed by atoms with Gasteiger partial charge in [-0.3, -0.25) is 4.90 Å². The van der Waals surface area contributed by atoms with Crippen molar-refractivity contribution in [1.82, 2.24) is 9.47 Å². The first-order valence-electron chi connectivity index (χ1n) is 11.5. The third kappa shape index (κ3) is 7.95. The molecule has 0 unspecified atom stereocenters. The lowest BCUT2D eigenvalue weighted by molar-refractivity contribution is 0.0103. The molecule has 0 radical (unpaired) electrons. The Morgan fingerprint density at radius 3 is 2.39 bits per heavy atom. The molecule has 0 saturated carbocycles. The first-order valence-corrected chi connectivity index (χ1v) is 11.5. The Balaban J connectivity index is 2.10. The lowest BCUT2D eigenvalue weighted by atomic mass is 9.87. The normalized spacial score (nSPS) is 14.2. The molecule has 0 bridgehead atoms. The van der Waals surface area contributed by atoms with Gasteiger partial charge in [0.25, 0.3) is 0 Å². The van der Waals surface area contributed by atoms with E-state index in [1.165, 1.54) is 16.8 Å². The molecule has 0 fully saturated rings. The van der Waals surface area contributed by atoms with Gasteiger partial charge >= 0.3 is 0 Å². The Morgan fingerprint density at radius 1 is 1.13 bits per heavy atom. The Hall–Kier alpha value is -1.88. The lowest BCUT2D eigenvalue weighted by Gasteiger charge is -2.33. The molecule has 4 nitrogen and oxygen atoms in total. The summed E-state index contributed by atoms with van der Waals surface area (Å²) in [5.41, 5.74) is 4.08. The van der Waals surface area contributed by atoms with Gasteiger partial charge in [0.15, 0.2) is 0 Å².